The van der Waals surface area contributed by atoms with E-state index >= 15 is 0 Å². The molecule has 0 radical (unpaired) electrons. The second-order valence-electron chi connectivity index (χ2n) is 8.48. The van der Waals surface area contributed by atoms with Gasteiger partial charge in [0.25, 0.3) is 5.91 Å². The van der Waals surface area contributed by atoms with Crippen LogP contribution < -0.4 is 0 Å². The fourth-order valence-corrected chi connectivity index (χ4v) is 4.47. The predicted octanol–water partition coefficient (Wildman–Crippen LogP) is 3.66. The molecule has 0 bridgehead atoms. The molecule has 29 heavy (non-hydrogen) atoms. The average Bonchev–Trinajstić information content (AvgIpc) is 2.71. The van der Waals surface area contributed by atoms with Crippen molar-refractivity contribution in [1.82, 2.24) is 9.80 Å². The lowest BCUT2D eigenvalue weighted by molar-refractivity contribution is -0.127. The van der Waals surface area contributed by atoms with Crippen LogP contribution in [0.15, 0.2) is 42.5 Å². The number of morpholine rings is 1. The van der Waals surface area contributed by atoms with Gasteiger partial charge in [-0.3, -0.25) is 4.79 Å². The Morgan fingerprint density at radius 2 is 1.90 bits per heavy atom. The first-order chi connectivity index (χ1) is 14.0. The Kier molecular flexibility index (Phi) is 5.70. The first kappa shape index (κ1) is 20.0. The van der Waals surface area contributed by atoms with Crippen LogP contribution in [-0.2, 0) is 11.2 Å². The first-order valence-electron chi connectivity index (χ1n) is 10.4. The third-order valence-corrected chi connectivity index (χ3v) is 6.28. The summed E-state index contributed by atoms with van der Waals surface area (Å²) in [6, 6.07) is 13.0. The summed E-state index contributed by atoms with van der Waals surface area (Å²) in [5, 5.41) is 0. The highest BCUT2D eigenvalue weighted by molar-refractivity contribution is 5.95. The van der Waals surface area contributed by atoms with Crippen LogP contribution >= 0.6 is 0 Å². The van der Waals surface area contributed by atoms with E-state index in [0.29, 0.717) is 30.6 Å². The molecule has 4 nitrogen and oxygen atoms in total. The SMILES string of the molecule is Cc1ccc(Cc2ccccc2C(=O)N2CCC3(CC2)CN(C)CCO3)cc1F. The van der Waals surface area contributed by atoms with Gasteiger partial charge in [0, 0.05) is 31.7 Å². The Hall–Kier alpha value is -2.24. The van der Waals surface area contributed by atoms with Crippen molar-refractivity contribution in [3.63, 3.8) is 0 Å². The number of hydrogen-bond acceptors (Lipinski definition) is 3. The molecule has 2 saturated heterocycles. The monoisotopic (exact) mass is 396 g/mol. The largest absolute Gasteiger partial charge is 0.372 e. The molecule has 0 aliphatic carbocycles. The zero-order valence-corrected chi connectivity index (χ0v) is 17.3. The number of ether oxygens (including phenoxy) is 1. The molecule has 0 aromatic heterocycles. The number of hydrogen-bond donors (Lipinski definition) is 0. The number of piperidine rings is 1. The van der Waals surface area contributed by atoms with Gasteiger partial charge < -0.3 is 14.5 Å². The molecule has 1 amide bonds. The van der Waals surface area contributed by atoms with Crippen LogP contribution in [0.3, 0.4) is 0 Å². The van der Waals surface area contributed by atoms with Crippen LogP contribution in [0.5, 0.6) is 0 Å². The van der Waals surface area contributed by atoms with Crippen LogP contribution in [0.4, 0.5) is 4.39 Å². The smallest absolute Gasteiger partial charge is 0.254 e. The second kappa shape index (κ2) is 8.25. The maximum absolute atomic E-state index is 13.9. The van der Waals surface area contributed by atoms with Crippen LogP contribution in [0.2, 0.25) is 0 Å². The number of aryl methyl sites for hydroxylation is 1. The van der Waals surface area contributed by atoms with Crippen molar-refractivity contribution in [3.05, 3.63) is 70.5 Å². The van der Waals surface area contributed by atoms with Gasteiger partial charge in [0.05, 0.1) is 12.2 Å². The Bertz CT molecular complexity index is 890. The van der Waals surface area contributed by atoms with Crippen LogP contribution in [0, 0.1) is 12.7 Å². The van der Waals surface area contributed by atoms with E-state index in [1.807, 2.05) is 35.2 Å². The molecular formula is C24H29FN2O2. The van der Waals surface area contributed by atoms with E-state index in [1.165, 1.54) is 0 Å². The van der Waals surface area contributed by atoms with E-state index in [-0.39, 0.29) is 17.3 Å². The van der Waals surface area contributed by atoms with Gasteiger partial charge in [-0.25, -0.2) is 4.39 Å². The Morgan fingerprint density at radius 1 is 1.14 bits per heavy atom. The highest BCUT2D eigenvalue weighted by atomic mass is 19.1. The number of benzene rings is 2. The van der Waals surface area contributed by atoms with Gasteiger partial charge >= 0.3 is 0 Å². The number of amides is 1. The highest BCUT2D eigenvalue weighted by Gasteiger charge is 2.40. The first-order valence-corrected chi connectivity index (χ1v) is 10.4. The lowest BCUT2D eigenvalue weighted by Gasteiger charge is -2.46. The Balaban J connectivity index is 1.47. The Labute approximate surface area is 172 Å². The van der Waals surface area contributed by atoms with Gasteiger partial charge in [-0.2, -0.15) is 0 Å². The van der Waals surface area contributed by atoms with E-state index in [0.717, 1.165) is 43.7 Å². The highest BCUT2D eigenvalue weighted by Crippen LogP contribution is 2.30. The molecule has 2 heterocycles. The van der Waals surface area contributed by atoms with Crippen molar-refractivity contribution in [3.8, 4) is 0 Å². The predicted molar refractivity (Wildman–Crippen MR) is 112 cm³/mol. The van der Waals surface area contributed by atoms with Gasteiger partial charge in [0.1, 0.15) is 5.82 Å². The zero-order chi connectivity index (χ0) is 20.4. The number of carbonyl (C=O) groups is 1. The summed E-state index contributed by atoms with van der Waals surface area (Å²) in [7, 11) is 2.13. The van der Waals surface area contributed by atoms with Gasteiger partial charge in [0.15, 0.2) is 0 Å². The molecule has 5 heteroatoms. The minimum Gasteiger partial charge on any atom is -0.372 e. The normalized spacial score (nSPS) is 19.5. The third kappa shape index (κ3) is 4.36. The minimum absolute atomic E-state index is 0.0622. The summed E-state index contributed by atoms with van der Waals surface area (Å²) >= 11 is 0. The standard InChI is InChI=1S/C24H29FN2O2/c1-18-7-8-19(16-22(18)25)15-20-5-3-4-6-21(20)23(28)27-11-9-24(10-12-27)17-26(2)13-14-29-24/h3-8,16H,9-15,17H2,1-2H3. The minimum atomic E-state index is -0.204. The van der Waals surface area contributed by atoms with Crippen molar-refractivity contribution in [2.75, 3.05) is 39.8 Å². The molecule has 2 aliphatic rings. The van der Waals surface area contributed by atoms with Crippen molar-refractivity contribution in [2.24, 2.45) is 0 Å². The molecule has 2 aliphatic heterocycles. The van der Waals surface area contributed by atoms with Crippen LogP contribution in [0.1, 0.15) is 39.9 Å². The van der Waals surface area contributed by atoms with Crippen molar-refractivity contribution >= 4 is 5.91 Å². The van der Waals surface area contributed by atoms with Crippen molar-refractivity contribution in [2.45, 2.75) is 31.8 Å². The number of nitrogens with zero attached hydrogens (tertiary/aromatic N) is 2. The molecule has 0 atom stereocenters. The van der Waals surface area contributed by atoms with Gasteiger partial charge in [-0.1, -0.05) is 30.3 Å². The van der Waals surface area contributed by atoms with Crippen LogP contribution in [0.25, 0.3) is 0 Å². The Morgan fingerprint density at radius 3 is 2.62 bits per heavy atom. The molecule has 4 rings (SSSR count). The number of likely N-dealkylation sites (N-methyl/N-ethyl adjacent to an activating group) is 1. The fraction of sp³-hybridized carbons (Fsp3) is 0.458. The van der Waals surface area contributed by atoms with Gasteiger partial charge in [0.2, 0.25) is 0 Å². The van der Waals surface area contributed by atoms with Crippen LogP contribution in [-0.4, -0.2) is 61.1 Å². The number of likely N-dealkylation sites (tertiary alicyclic amines) is 1. The summed E-state index contributed by atoms with van der Waals surface area (Å²) in [5.74, 6) is -0.141. The quantitative estimate of drug-likeness (QED) is 0.794. The van der Waals surface area contributed by atoms with E-state index in [2.05, 4.69) is 11.9 Å². The molecule has 2 fully saturated rings. The maximum atomic E-state index is 13.9. The number of halogens is 1. The zero-order valence-electron chi connectivity index (χ0n) is 17.3. The molecule has 1 spiro atoms. The van der Waals surface area contributed by atoms with Crippen molar-refractivity contribution < 1.29 is 13.9 Å². The molecule has 0 N–H and O–H groups in total. The van der Waals surface area contributed by atoms with Gasteiger partial charge in [-0.05, 0) is 62.1 Å². The lowest BCUT2D eigenvalue weighted by atomic mass is 9.89. The number of rotatable bonds is 3. The molecule has 154 valence electrons. The summed E-state index contributed by atoms with van der Waals surface area (Å²) in [5.41, 5.74) is 3.06. The summed E-state index contributed by atoms with van der Waals surface area (Å²) in [6.07, 6.45) is 2.29. The molecule has 0 unspecified atom stereocenters. The van der Waals surface area contributed by atoms with Crippen molar-refractivity contribution in [1.29, 1.82) is 0 Å². The molecule has 0 saturated carbocycles. The lowest BCUT2D eigenvalue weighted by Crippen LogP contribution is -2.56. The molecular weight excluding hydrogens is 367 g/mol. The number of carbonyl (C=O) groups excluding carboxylic acids is 1. The average molecular weight is 397 g/mol. The van der Waals surface area contributed by atoms with E-state index in [1.54, 1.807) is 19.1 Å². The fourth-order valence-electron chi connectivity index (χ4n) is 4.47. The van der Waals surface area contributed by atoms with Gasteiger partial charge in [-0.15, -0.1) is 0 Å². The summed E-state index contributed by atoms with van der Waals surface area (Å²) in [6.45, 7) is 5.84. The molecule has 2 aromatic carbocycles. The summed E-state index contributed by atoms with van der Waals surface area (Å²) < 4.78 is 20.1. The summed E-state index contributed by atoms with van der Waals surface area (Å²) in [4.78, 5) is 17.5. The maximum Gasteiger partial charge on any atom is 0.254 e. The second-order valence-corrected chi connectivity index (χ2v) is 8.48. The third-order valence-electron chi connectivity index (χ3n) is 6.28. The van der Waals surface area contributed by atoms with E-state index < -0.39 is 0 Å². The molecule has 2 aromatic rings. The topological polar surface area (TPSA) is 32.8 Å². The van der Waals surface area contributed by atoms with E-state index in [9.17, 15) is 9.18 Å². The van der Waals surface area contributed by atoms with E-state index in [4.69, 9.17) is 4.74 Å².